The fourth-order valence-electron chi connectivity index (χ4n) is 5.70. The quantitative estimate of drug-likeness (QED) is 0.119. The lowest BCUT2D eigenvalue weighted by molar-refractivity contribution is 0.0851. The van der Waals surface area contributed by atoms with Gasteiger partial charge in [0.2, 0.25) is 0 Å². The zero-order chi connectivity index (χ0) is 31.1. The first-order chi connectivity index (χ1) is 21.8. The molecule has 0 saturated heterocycles. The van der Waals surface area contributed by atoms with Crippen molar-refractivity contribution in [2.45, 2.75) is 25.5 Å². The number of halogens is 2. The number of aromatic amines is 2. The second-order valence-electron chi connectivity index (χ2n) is 11.8. The summed E-state index contributed by atoms with van der Waals surface area (Å²) < 4.78 is 31.0. The van der Waals surface area contributed by atoms with Crippen LogP contribution in [0.2, 0.25) is 0 Å². The third-order valence-corrected chi connectivity index (χ3v) is 8.33. The van der Waals surface area contributed by atoms with E-state index < -0.39 is 12.0 Å². The third kappa shape index (κ3) is 5.69. The van der Waals surface area contributed by atoms with E-state index in [1.54, 1.807) is 42.9 Å². The van der Waals surface area contributed by atoms with Crippen LogP contribution < -0.4 is 10.6 Å². The van der Waals surface area contributed by atoms with Crippen molar-refractivity contribution in [3.05, 3.63) is 72.7 Å². The van der Waals surface area contributed by atoms with Gasteiger partial charge < -0.3 is 25.6 Å². The van der Waals surface area contributed by atoms with Gasteiger partial charge in [-0.15, -0.1) is 0 Å². The largest absolute Gasteiger partial charge is 0.384 e. The van der Waals surface area contributed by atoms with E-state index in [1.165, 1.54) is 12.1 Å². The smallest absolute Gasteiger partial charge is 0.161 e. The van der Waals surface area contributed by atoms with Crippen molar-refractivity contribution in [3.8, 4) is 33.8 Å². The Hall–Kier alpha value is -4.94. The molecule has 1 atom stereocenters. The zero-order valence-corrected chi connectivity index (χ0v) is 24.9. The average Bonchev–Trinajstić information content (AvgIpc) is 3.61. The molecule has 7 rings (SSSR count). The summed E-state index contributed by atoms with van der Waals surface area (Å²) in [7, 11) is 3.96. The maximum absolute atomic E-state index is 16.3. The predicted molar refractivity (Wildman–Crippen MR) is 172 cm³/mol. The predicted octanol–water partition coefficient (Wildman–Crippen LogP) is 6.01. The summed E-state index contributed by atoms with van der Waals surface area (Å²) in [6, 6.07) is 11.8. The lowest BCUT2D eigenvalue weighted by Crippen LogP contribution is -2.33. The minimum Gasteiger partial charge on any atom is -0.384 e. The molecule has 0 spiro atoms. The number of anilines is 2. The molecule has 10 nitrogen and oxygen atoms in total. The van der Waals surface area contributed by atoms with Crippen molar-refractivity contribution in [1.82, 2.24) is 35.0 Å². The molecule has 1 aliphatic carbocycles. The normalized spacial score (nSPS) is 14.3. The molecule has 2 aromatic carbocycles. The van der Waals surface area contributed by atoms with E-state index in [1.807, 2.05) is 25.1 Å². The SMILES string of the molecule is CN(C)CCNc1cc(F)cc(-c2ccnc3[nH]c(-c4n[nH]c5ccc(-c6cncc(NC(O)C7CCC7)c6)c(F)c45)nc23)c1. The Bertz CT molecular complexity index is 2000. The molecule has 0 radical (unpaired) electrons. The number of H-pyrrole nitrogens is 2. The maximum atomic E-state index is 16.3. The number of aromatic nitrogens is 6. The standard InChI is InChI=1S/C33H33F2N9O/c1-44(2)11-10-37-22-13-19(12-21(34)15-22)25-8-9-38-31-29(25)40-32(41-31)30-27-26(42-43-30)7-6-24(28(27)35)20-14-23(17-36-16-20)39-33(45)18-4-3-5-18/h6-9,12-18,33,37,39,45H,3-5,10-11H2,1-2H3,(H,42,43)(H,38,40,41). The Labute approximate surface area is 257 Å². The number of imidazole rings is 1. The first-order valence-electron chi connectivity index (χ1n) is 15.0. The third-order valence-electron chi connectivity index (χ3n) is 8.33. The van der Waals surface area contributed by atoms with Gasteiger partial charge in [-0.05, 0) is 75.0 Å². The zero-order valence-electron chi connectivity index (χ0n) is 24.9. The molecule has 0 bridgehead atoms. The van der Waals surface area contributed by atoms with Crippen LogP contribution in [-0.2, 0) is 0 Å². The molecule has 1 saturated carbocycles. The lowest BCUT2D eigenvalue weighted by Gasteiger charge is -2.31. The summed E-state index contributed by atoms with van der Waals surface area (Å²) in [5.41, 5.74) is 5.25. The molecule has 6 aromatic rings. The number of hydrogen-bond donors (Lipinski definition) is 5. The Morgan fingerprint density at radius 2 is 1.87 bits per heavy atom. The van der Waals surface area contributed by atoms with E-state index in [0.717, 1.165) is 25.8 Å². The molecule has 0 aliphatic heterocycles. The highest BCUT2D eigenvalue weighted by Gasteiger charge is 2.26. The first-order valence-corrected chi connectivity index (χ1v) is 15.0. The molecule has 1 aliphatic rings. The monoisotopic (exact) mass is 609 g/mol. The molecular formula is C33H33F2N9O. The van der Waals surface area contributed by atoms with Gasteiger partial charge in [-0.25, -0.2) is 18.7 Å². The van der Waals surface area contributed by atoms with Gasteiger partial charge in [-0.1, -0.05) is 6.42 Å². The van der Waals surface area contributed by atoms with Gasteiger partial charge in [0.05, 0.1) is 22.8 Å². The van der Waals surface area contributed by atoms with Gasteiger partial charge in [-0.3, -0.25) is 10.1 Å². The van der Waals surface area contributed by atoms with Crippen LogP contribution in [0.15, 0.2) is 61.1 Å². The Kier molecular flexibility index (Phi) is 7.60. The number of pyridine rings is 2. The van der Waals surface area contributed by atoms with Crippen LogP contribution in [-0.4, -0.2) is 73.6 Å². The molecule has 4 aromatic heterocycles. The number of nitrogens with one attached hydrogen (secondary N) is 4. The summed E-state index contributed by atoms with van der Waals surface area (Å²) in [6.07, 6.45) is 7.23. The van der Waals surface area contributed by atoms with Gasteiger partial charge in [0.1, 0.15) is 29.1 Å². The highest BCUT2D eigenvalue weighted by atomic mass is 19.1. The molecule has 5 N–H and O–H groups in total. The fraction of sp³-hybridized carbons (Fsp3) is 0.273. The van der Waals surface area contributed by atoms with E-state index in [9.17, 15) is 9.50 Å². The number of rotatable bonds is 10. The number of fused-ring (bicyclic) bond motifs is 2. The van der Waals surface area contributed by atoms with Crippen molar-refractivity contribution in [2.24, 2.45) is 5.92 Å². The van der Waals surface area contributed by atoms with Crippen LogP contribution in [0.1, 0.15) is 19.3 Å². The minimum atomic E-state index is -0.673. The first kappa shape index (κ1) is 28.8. The fourth-order valence-corrected chi connectivity index (χ4v) is 5.70. The van der Waals surface area contributed by atoms with Crippen LogP contribution in [0.4, 0.5) is 20.2 Å². The molecule has 1 fully saturated rings. The summed E-state index contributed by atoms with van der Waals surface area (Å²) in [4.78, 5) is 18.7. The van der Waals surface area contributed by atoms with Crippen molar-refractivity contribution >= 4 is 33.4 Å². The van der Waals surface area contributed by atoms with Gasteiger partial charge in [0.15, 0.2) is 11.5 Å². The highest BCUT2D eigenvalue weighted by Crippen LogP contribution is 2.36. The van der Waals surface area contributed by atoms with Crippen molar-refractivity contribution in [2.75, 3.05) is 37.8 Å². The van der Waals surface area contributed by atoms with Gasteiger partial charge in [-0.2, -0.15) is 5.10 Å². The minimum absolute atomic E-state index is 0.210. The van der Waals surface area contributed by atoms with Crippen LogP contribution in [0.3, 0.4) is 0 Å². The molecule has 1 unspecified atom stereocenters. The highest BCUT2D eigenvalue weighted by molar-refractivity contribution is 5.98. The van der Waals surface area contributed by atoms with Gasteiger partial charge in [0, 0.05) is 53.8 Å². The number of aliphatic hydroxyl groups is 1. The average molecular weight is 610 g/mol. The number of likely N-dealkylation sites (N-methyl/N-ethyl adjacent to an activating group) is 1. The van der Waals surface area contributed by atoms with E-state index in [-0.39, 0.29) is 17.1 Å². The topological polar surface area (TPSA) is 131 Å². The Morgan fingerprint density at radius 1 is 1.02 bits per heavy atom. The molecule has 4 heterocycles. The van der Waals surface area contributed by atoms with Crippen LogP contribution in [0.5, 0.6) is 0 Å². The second-order valence-corrected chi connectivity index (χ2v) is 11.8. The molecular weight excluding hydrogens is 576 g/mol. The number of aliphatic hydroxyl groups excluding tert-OH is 1. The summed E-state index contributed by atoms with van der Waals surface area (Å²) in [6.45, 7) is 1.46. The van der Waals surface area contributed by atoms with Crippen molar-refractivity contribution < 1.29 is 13.9 Å². The number of hydrogen-bond acceptors (Lipinski definition) is 8. The van der Waals surface area contributed by atoms with E-state index in [0.29, 0.717) is 68.4 Å². The maximum Gasteiger partial charge on any atom is 0.161 e. The van der Waals surface area contributed by atoms with E-state index in [2.05, 4.69) is 35.8 Å². The molecule has 230 valence electrons. The molecule has 0 amide bonds. The van der Waals surface area contributed by atoms with Crippen LogP contribution >= 0.6 is 0 Å². The number of benzene rings is 2. The number of nitrogens with zero attached hydrogens (tertiary/aromatic N) is 5. The van der Waals surface area contributed by atoms with E-state index >= 15 is 4.39 Å². The molecule has 12 heteroatoms. The van der Waals surface area contributed by atoms with Gasteiger partial charge >= 0.3 is 0 Å². The van der Waals surface area contributed by atoms with Crippen LogP contribution in [0, 0.1) is 17.6 Å². The van der Waals surface area contributed by atoms with Crippen molar-refractivity contribution in [1.29, 1.82) is 0 Å². The summed E-state index contributed by atoms with van der Waals surface area (Å²) >= 11 is 0. The Morgan fingerprint density at radius 3 is 2.67 bits per heavy atom. The Balaban J connectivity index is 1.24. The second kappa shape index (κ2) is 11.9. The van der Waals surface area contributed by atoms with Crippen molar-refractivity contribution in [3.63, 3.8) is 0 Å². The summed E-state index contributed by atoms with van der Waals surface area (Å²) in [5.74, 6) is -0.325. The van der Waals surface area contributed by atoms with Gasteiger partial charge in [0.25, 0.3) is 0 Å². The van der Waals surface area contributed by atoms with Crippen LogP contribution in [0.25, 0.3) is 55.8 Å². The van der Waals surface area contributed by atoms with E-state index in [4.69, 9.17) is 4.98 Å². The molecule has 45 heavy (non-hydrogen) atoms. The lowest BCUT2D eigenvalue weighted by atomic mass is 9.84. The summed E-state index contributed by atoms with van der Waals surface area (Å²) in [5, 5.41) is 24.4.